The van der Waals surface area contributed by atoms with Crippen LogP contribution >= 0.6 is 47.8 Å². The average Bonchev–Trinajstić information content (AvgIpc) is 2.62. The van der Waals surface area contributed by atoms with E-state index in [0.717, 1.165) is 24.5 Å². The van der Waals surface area contributed by atoms with Gasteiger partial charge in [-0.2, -0.15) is 0 Å². The molecule has 25 heavy (non-hydrogen) atoms. The Kier molecular flexibility index (Phi) is 6.46. The van der Waals surface area contributed by atoms with Crippen LogP contribution in [-0.2, 0) is 0 Å². The average molecular weight is 519 g/mol. The monoisotopic (exact) mass is 516 g/mol. The van der Waals surface area contributed by atoms with E-state index in [9.17, 15) is 0 Å². The number of hydrogen-bond acceptors (Lipinski definition) is 0. The summed E-state index contributed by atoms with van der Waals surface area (Å²) >= 11 is 10.6. The Balaban J connectivity index is 1.74. The smallest absolute Gasteiger partial charge is 0.0253 e. The lowest BCUT2D eigenvalue weighted by molar-refractivity contribution is 1.57. The Morgan fingerprint density at radius 1 is 0.480 bits per heavy atom. The molecule has 0 saturated carbocycles. The van der Waals surface area contributed by atoms with Crippen molar-refractivity contribution in [3.8, 4) is 0 Å². The molecule has 0 aliphatic rings. The van der Waals surface area contributed by atoms with Crippen LogP contribution in [0, 0.1) is 0 Å². The molecule has 0 unspecified atom stereocenters. The summed E-state index contributed by atoms with van der Waals surface area (Å²) in [4.78, 5) is 0. The minimum absolute atomic E-state index is 1.08. The van der Waals surface area contributed by atoms with E-state index in [0.29, 0.717) is 0 Å². The zero-order valence-electron chi connectivity index (χ0n) is 13.3. The fraction of sp³-hybridized carbons (Fsp3) is 0. The third kappa shape index (κ3) is 5.53. The largest absolute Gasteiger partial charge is 0.0544 e. The van der Waals surface area contributed by atoms with Gasteiger partial charge < -0.3 is 0 Å². The minimum Gasteiger partial charge on any atom is -0.0544 e. The van der Waals surface area contributed by atoms with E-state index >= 15 is 0 Å². The van der Waals surface area contributed by atoms with Crippen molar-refractivity contribution in [2.24, 2.45) is 0 Å². The van der Waals surface area contributed by atoms with Crippen molar-refractivity contribution in [3.05, 3.63) is 102 Å². The van der Waals surface area contributed by atoms with Gasteiger partial charge in [0.2, 0.25) is 0 Å². The van der Waals surface area contributed by atoms with Gasteiger partial charge in [-0.25, -0.2) is 0 Å². The summed E-state index contributed by atoms with van der Waals surface area (Å²) in [5.74, 6) is 0. The summed E-state index contributed by atoms with van der Waals surface area (Å²) in [6.07, 6.45) is 8.47. The van der Waals surface area contributed by atoms with E-state index < -0.39 is 0 Å². The third-order valence-electron chi connectivity index (χ3n) is 3.69. The third-order valence-corrected chi connectivity index (χ3v) is 5.43. The number of rotatable bonds is 4. The van der Waals surface area contributed by atoms with E-state index in [-0.39, 0.29) is 0 Å². The molecule has 3 aromatic rings. The fourth-order valence-corrected chi connectivity index (χ4v) is 3.37. The summed E-state index contributed by atoms with van der Waals surface area (Å²) in [6.45, 7) is 0. The molecule has 0 heterocycles. The maximum atomic E-state index is 3.67. The van der Waals surface area contributed by atoms with Crippen molar-refractivity contribution in [3.63, 3.8) is 0 Å². The van der Waals surface area contributed by atoms with E-state index in [1.165, 1.54) is 11.1 Å². The molecule has 0 atom stereocenters. The maximum absolute atomic E-state index is 3.67. The van der Waals surface area contributed by atoms with E-state index in [1.807, 2.05) is 24.3 Å². The van der Waals surface area contributed by atoms with Gasteiger partial charge in [0.25, 0.3) is 0 Å². The Morgan fingerprint density at radius 3 is 1.44 bits per heavy atom. The van der Waals surface area contributed by atoms with Crippen LogP contribution in [0.2, 0.25) is 0 Å². The molecule has 3 heteroatoms. The molecule has 0 radical (unpaired) electrons. The molecule has 0 N–H and O–H groups in total. The van der Waals surface area contributed by atoms with Crippen molar-refractivity contribution in [1.29, 1.82) is 0 Å². The molecule has 0 fully saturated rings. The molecule has 0 aliphatic carbocycles. The van der Waals surface area contributed by atoms with Crippen LogP contribution < -0.4 is 0 Å². The number of benzene rings is 3. The van der Waals surface area contributed by atoms with Gasteiger partial charge in [-0.3, -0.25) is 0 Å². The van der Waals surface area contributed by atoms with Crippen molar-refractivity contribution in [2.45, 2.75) is 0 Å². The van der Waals surface area contributed by atoms with Gasteiger partial charge in [0, 0.05) is 13.4 Å². The van der Waals surface area contributed by atoms with Gasteiger partial charge in [-0.1, -0.05) is 108 Å². The summed E-state index contributed by atoms with van der Waals surface area (Å²) in [7, 11) is 0. The second-order valence-electron chi connectivity index (χ2n) is 5.55. The molecule has 3 rings (SSSR count). The first-order valence-corrected chi connectivity index (χ1v) is 10.1. The van der Waals surface area contributed by atoms with Crippen molar-refractivity contribution in [1.82, 2.24) is 0 Å². The summed E-state index contributed by atoms with van der Waals surface area (Å²) < 4.78 is 3.26. The molecule has 0 saturated heterocycles. The molecule has 124 valence electrons. The van der Waals surface area contributed by atoms with Gasteiger partial charge in [-0.15, -0.1) is 0 Å². The summed E-state index contributed by atoms with van der Waals surface area (Å²) in [5.41, 5.74) is 4.67. The van der Waals surface area contributed by atoms with Gasteiger partial charge in [0.05, 0.1) is 0 Å². The van der Waals surface area contributed by atoms with Gasteiger partial charge in [-0.05, 0) is 52.6 Å². The fourth-order valence-electron chi connectivity index (χ4n) is 2.31. The van der Waals surface area contributed by atoms with Crippen LogP contribution in [0.3, 0.4) is 0 Å². The Hall–Kier alpha value is -1.42. The van der Waals surface area contributed by atoms with Gasteiger partial charge in [0.1, 0.15) is 0 Å². The first-order chi connectivity index (χ1) is 12.1. The predicted molar refractivity (Wildman–Crippen MR) is 120 cm³/mol. The van der Waals surface area contributed by atoms with Crippen LogP contribution in [0.25, 0.3) is 24.3 Å². The maximum Gasteiger partial charge on any atom is 0.0253 e. The molecular weight excluding hydrogens is 504 g/mol. The Morgan fingerprint density at radius 2 is 0.920 bits per heavy atom. The molecule has 0 spiro atoms. The van der Waals surface area contributed by atoms with Crippen molar-refractivity contribution >= 4 is 72.1 Å². The first-order valence-electron chi connectivity index (χ1n) is 7.77. The highest BCUT2D eigenvalue weighted by molar-refractivity contribution is 9.11. The second-order valence-corrected chi connectivity index (χ2v) is 8.24. The minimum atomic E-state index is 1.08. The molecule has 0 aliphatic heterocycles. The van der Waals surface area contributed by atoms with E-state index in [4.69, 9.17) is 0 Å². The standard InChI is InChI=1S/C22H15Br3/c23-20-11-5-16(6-12-20)1-2-18-4-10-19(22(25)15-18)9-3-17-7-13-21(24)14-8-17/h1-15H/b2-1+,9-3?. The molecule has 0 nitrogen and oxygen atoms in total. The SMILES string of the molecule is Brc1ccc(C=Cc2ccc(/C=C/c3ccc(Br)cc3)cc2Br)cc1. The number of halogens is 3. The zero-order chi connectivity index (χ0) is 17.6. The lowest BCUT2D eigenvalue weighted by Gasteiger charge is -2.02. The molecule has 0 bridgehead atoms. The van der Waals surface area contributed by atoms with Crippen molar-refractivity contribution < 1.29 is 0 Å². The van der Waals surface area contributed by atoms with Crippen LogP contribution in [-0.4, -0.2) is 0 Å². The van der Waals surface area contributed by atoms with Crippen LogP contribution in [0.5, 0.6) is 0 Å². The van der Waals surface area contributed by atoms with Crippen LogP contribution in [0.15, 0.2) is 80.1 Å². The topological polar surface area (TPSA) is 0 Å². The highest BCUT2D eigenvalue weighted by atomic mass is 79.9. The van der Waals surface area contributed by atoms with Gasteiger partial charge >= 0.3 is 0 Å². The normalized spacial score (nSPS) is 11.5. The number of hydrogen-bond donors (Lipinski definition) is 0. The second kappa shape index (κ2) is 8.79. The highest BCUT2D eigenvalue weighted by Crippen LogP contribution is 2.23. The summed E-state index contributed by atoms with van der Waals surface area (Å²) in [5, 5.41) is 0. The highest BCUT2D eigenvalue weighted by Gasteiger charge is 1.98. The lowest BCUT2D eigenvalue weighted by Crippen LogP contribution is -1.79. The van der Waals surface area contributed by atoms with E-state index in [1.54, 1.807) is 0 Å². The predicted octanol–water partition coefficient (Wildman–Crippen LogP) is 8.31. The zero-order valence-corrected chi connectivity index (χ0v) is 18.1. The molecular formula is C22H15Br3. The summed E-state index contributed by atoms with van der Waals surface area (Å²) in [6, 6.07) is 22.9. The Labute approximate surface area is 173 Å². The van der Waals surface area contributed by atoms with Crippen LogP contribution in [0.1, 0.15) is 22.3 Å². The lowest BCUT2D eigenvalue weighted by atomic mass is 10.1. The molecule has 3 aromatic carbocycles. The quantitative estimate of drug-likeness (QED) is 0.305. The molecule has 0 aromatic heterocycles. The van der Waals surface area contributed by atoms with E-state index in [2.05, 4.69) is 115 Å². The van der Waals surface area contributed by atoms with Crippen LogP contribution in [0.4, 0.5) is 0 Å². The van der Waals surface area contributed by atoms with Gasteiger partial charge in [0.15, 0.2) is 0 Å². The Bertz CT molecular complexity index is 905. The van der Waals surface area contributed by atoms with Crippen molar-refractivity contribution in [2.75, 3.05) is 0 Å². The first kappa shape index (κ1) is 18.4. The molecule has 0 amide bonds.